The van der Waals surface area contributed by atoms with Gasteiger partial charge < -0.3 is 20.4 Å². The molecular weight excluding hydrogens is 331 g/mol. The van der Waals surface area contributed by atoms with Crippen molar-refractivity contribution in [2.75, 3.05) is 6.54 Å². The molecule has 24 heavy (non-hydrogen) atoms. The summed E-state index contributed by atoms with van der Waals surface area (Å²) in [7, 11) is 0. The Morgan fingerprint density at radius 1 is 1.17 bits per heavy atom. The van der Waals surface area contributed by atoms with Gasteiger partial charge in [-0.2, -0.15) is 13.2 Å². The number of fused-ring (bicyclic) bond motifs is 1. The molecule has 1 aromatic carbocycles. The van der Waals surface area contributed by atoms with Crippen molar-refractivity contribution in [3.05, 3.63) is 34.2 Å². The first-order chi connectivity index (χ1) is 11.2. The Balaban J connectivity index is 0.000000256. The van der Waals surface area contributed by atoms with Crippen molar-refractivity contribution in [2.24, 2.45) is 0 Å². The zero-order valence-electron chi connectivity index (χ0n) is 12.2. The number of benzene rings is 1. The van der Waals surface area contributed by atoms with E-state index in [0.29, 0.717) is 11.1 Å². The third-order valence-corrected chi connectivity index (χ3v) is 3.42. The minimum absolute atomic E-state index is 0.0712. The van der Waals surface area contributed by atoms with Gasteiger partial charge in [0.1, 0.15) is 0 Å². The van der Waals surface area contributed by atoms with Crippen LogP contribution in [0.15, 0.2) is 23.0 Å². The molecule has 130 valence electrons. The Kier molecular flexibility index (Phi) is 5.07. The summed E-state index contributed by atoms with van der Waals surface area (Å²) in [6, 6.07) is 5.18. The topological polar surface area (TPSA) is 115 Å². The number of carbonyl (C=O) groups excluding carboxylic acids is 1. The van der Waals surface area contributed by atoms with Crippen LogP contribution < -0.4 is 11.0 Å². The molecule has 3 rings (SSSR count). The van der Waals surface area contributed by atoms with Gasteiger partial charge in [-0.3, -0.25) is 4.79 Å². The lowest BCUT2D eigenvalue weighted by Gasteiger charge is -2.08. The number of hydrogen-bond acceptors (Lipinski definition) is 4. The number of carboxylic acid groups (broad SMARTS) is 1. The molecule has 0 aliphatic carbocycles. The maximum atomic E-state index is 12.1. The predicted octanol–water partition coefficient (Wildman–Crippen LogP) is 1.42. The number of aromatic nitrogens is 2. The number of ketones is 1. The van der Waals surface area contributed by atoms with Gasteiger partial charge in [0, 0.05) is 5.56 Å². The quantitative estimate of drug-likeness (QED) is 0.615. The van der Waals surface area contributed by atoms with Crippen LogP contribution in [-0.4, -0.2) is 45.6 Å². The molecular formula is C14H14F3N3O4. The number of hydrogen-bond donors (Lipinski definition) is 4. The number of carbonyl (C=O) groups is 2. The summed E-state index contributed by atoms with van der Waals surface area (Å²) < 4.78 is 31.7. The average Bonchev–Trinajstić information content (AvgIpc) is 3.13. The number of alkyl halides is 3. The van der Waals surface area contributed by atoms with E-state index in [2.05, 4.69) is 15.3 Å². The Bertz CT molecular complexity index is 803. The molecule has 7 nitrogen and oxygen atoms in total. The fourth-order valence-electron chi connectivity index (χ4n) is 2.30. The van der Waals surface area contributed by atoms with Crippen molar-refractivity contribution in [3.8, 4) is 0 Å². The highest BCUT2D eigenvalue weighted by Gasteiger charge is 2.38. The third-order valence-electron chi connectivity index (χ3n) is 3.42. The van der Waals surface area contributed by atoms with Gasteiger partial charge in [-0.1, -0.05) is 0 Å². The fourth-order valence-corrected chi connectivity index (χ4v) is 2.30. The highest BCUT2D eigenvalue weighted by atomic mass is 19.4. The molecule has 1 saturated heterocycles. The van der Waals surface area contributed by atoms with Gasteiger partial charge in [-0.05, 0) is 37.6 Å². The monoisotopic (exact) mass is 345 g/mol. The second-order valence-corrected chi connectivity index (χ2v) is 5.16. The maximum Gasteiger partial charge on any atom is 0.490 e. The number of aliphatic carboxylic acids is 1. The van der Waals surface area contributed by atoms with Crippen LogP contribution in [0.1, 0.15) is 23.2 Å². The molecule has 1 atom stereocenters. The maximum absolute atomic E-state index is 12.1. The van der Waals surface area contributed by atoms with Gasteiger partial charge in [0.25, 0.3) is 0 Å². The number of rotatable bonds is 2. The van der Waals surface area contributed by atoms with E-state index < -0.39 is 12.1 Å². The van der Waals surface area contributed by atoms with Crippen LogP contribution in [0.25, 0.3) is 11.0 Å². The number of carboxylic acids is 1. The van der Waals surface area contributed by atoms with Crippen molar-refractivity contribution in [2.45, 2.75) is 25.1 Å². The van der Waals surface area contributed by atoms with Gasteiger partial charge >= 0.3 is 17.8 Å². The molecule has 4 N–H and O–H groups in total. The first-order valence-corrected chi connectivity index (χ1v) is 6.98. The van der Waals surface area contributed by atoms with Crippen LogP contribution in [0.2, 0.25) is 0 Å². The Hall–Kier alpha value is -2.62. The van der Waals surface area contributed by atoms with Crippen LogP contribution >= 0.6 is 0 Å². The van der Waals surface area contributed by atoms with E-state index in [9.17, 15) is 22.8 Å². The number of Topliss-reactive ketones (excluding diaryl/α,β-unsaturated/α-hetero) is 1. The van der Waals surface area contributed by atoms with Gasteiger partial charge in [-0.15, -0.1) is 0 Å². The van der Waals surface area contributed by atoms with Crippen molar-refractivity contribution < 1.29 is 27.9 Å². The van der Waals surface area contributed by atoms with E-state index in [4.69, 9.17) is 9.90 Å². The number of H-pyrrole nitrogens is 2. The first kappa shape index (κ1) is 17.7. The van der Waals surface area contributed by atoms with Crippen LogP contribution in [0.4, 0.5) is 13.2 Å². The lowest BCUT2D eigenvalue weighted by Crippen LogP contribution is -2.30. The lowest BCUT2D eigenvalue weighted by molar-refractivity contribution is -0.192. The van der Waals surface area contributed by atoms with Crippen molar-refractivity contribution >= 4 is 22.8 Å². The largest absolute Gasteiger partial charge is 0.490 e. The van der Waals surface area contributed by atoms with Gasteiger partial charge in [-0.25, -0.2) is 9.59 Å². The standard InChI is InChI=1S/C12H13N3O2.C2HF3O2/c16-11(9-2-1-5-13-9)7-3-4-8-10(6-7)15-12(17)14-8;3-2(4,5)1(6)7/h3-4,6,9,13H,1-2,5H2,(H2,14,15,17);(H,6,7). The molecule has 1 aromatic heterocycles. The normalized spacial score (nSPS) is 17.4. The second-order valence-electron chi connectivity index (χ2n) is 5.16. The SMILES string of the molecule is O=C(O)C(F)(F)F.O=C(c1ccc2[nH]c(=O)[nH]c2c1)C1CCCN1. The summed E-state index contributed by atoms with van der Waals surface area (Å²) in [6.07, 6.45) is -3.15. The predicted molar refractivity (Wildman–Crippen MR) is 78.0 cm³/mol. The average molecular weight is 345 g/mol. The second kappa shape index (κ2) is 6.87. The summed E-state index contributed by atoms with van der Waals surface area (Å²) in [4.78, 5) is 37.5. The molecule has 1 fully saturated rings. The Labute approximate surface area is 132 Å². The zero-order valence-corrected chi connectivity index (χ0v) is 12.2. The summed E-state index contributed by atoms with van der Waals surface area (Å²) in [5.41, 5.74) is 1.81. The minimum atomic E-state index is -5.08. The third kappa shape index (κ3) is 4.22. The zero-order chi connectivity index (χ0) is 17.9. The van der Waals surface area contributed by atoms with Crippen molar-refractivity contribution in [1.82, 2.24) is 15.3 Å². The Morgan fingerprint density at radius 3 is 2.33 bits per heavy atom. The molecule has 0 radical (unpaired) electrons. The highest BCUT2D eigenvalue weighted by molar-refractivity contribution is 6.02. The van der Waals surface area contributed by atoms with Crippen molar-refractivity contribution in [3.63, 3.8) is 0 Å². The lowest BCUT2D eigenvalue weighted by atomic mass is 10.0. The van der Waals surface area contributed by atoms with Gasteiger partial charge in [0.05, 0.1) is 17.1 Å². The number of imidazole rings is 1. The van der Waals surface area contributed by atoms with E-state index in [-0.39, 0.29) is 17.5 Å². The van der Waals surface area contributed by atoms with Crippen molar-refractivity contribution in [1.29, 1.82) is 0 Å². The molecule has 1 unspecified atom stereocenters. The van der Waals surface area contributed by atoms with Crippen LogP contribution in [-0.2, 0) is 4.79 Å². The first-order valence-electron chi connectivity index (χ1n) is 6.98. The number of aromatic amines is 2. The highest BCUT2D eigenvalue weighted by Crippen LogP contribution is 2.16. The van der Waals surface area contributed by atoms with E-state index in [1.807, 2.05) is 0 Å². The molecule has 1 aliphatic rings. The molecule has 2 heterocycles. The van der Waals surface area contributed by atoms with Gasteiger partial charge in [0.15, 0.2) is 5.78 Å². The molecule has 0 spiro atoms. The van der Waals surface area contributed by atoms with E-state index in [1.54, 1.807) is 18.2 Å². The summed E-state index contributed by atoms with van der Waals surface area (Å²) >= 11 is 0. The molecule has 0 bridgehead atoms. The van der Waals surface area contributed by atoms with E-state index in [0.717, 1.165) is 24.9 Å². The molecule has 0 amide bonds. The summed E-state index contributed by atoms with van der Waals surface area (Å²) in [6.45, 7) is 0.902. The molecule has 2 aromatic rings. The van der Waals surface area contributed by atoms with E-state index >= 15 is 0 Å². The molecule has 0 saturated carbocycles. The number of halogens is 3. The summed E-state index contributed by atoms with van der Waals surface area (Å²) in [5.74, 6) is -2.65. The Morgan fingerprint density at radius 2 is 1.79 bits per heavy atom. The van der Waals surface area contributed by atoms with Crippen LogP contribution in [0, 0.1) is 0 Å². The fraction of sp³-hybridized carbons (Fsp3) is 0.357. The number of nitrogens with one attached hydrogen (secondary N) is 3. The van der Waals surface area contributed by atoms with Crippen LogP contribution in [0.5, 0.6) is 0 Å². The summed E-state index contributed by atoms with van der Waals surface area (Å²) in [5, 5.41) is 10.3. The molecule has 1 aliphatic heterocycles. The smallest absolute Gasteiger partial charge is 0.475 e. The van der Waals surface area contributed by atoms with Gasteiger partial charge in [0.2, 0.25) is 0 Å². The van der Waals surface area contributed by atoms with E-state index in [1.165, 1.54) is 0 Å². The minimum Gasteiger partial charge on any atom is -0.475 e. The molecule has 10 heteroatoms. The van der Waals surface area contributed by atoms with Crippen LogP contribution in [0.3, 0.4) is 0 Å².